The first-order chi connectivity index (χ1) is 9.65. The Bertz CT molecular complexity index is 704. The molecule has 3 rings (SSSR count). The zero-order chi connectivity index (χ0) is 14.1. The van der Waals surface area contributed by atoms with Crippen LogP contribution >= 0.6 is 0 Å². The van der Waals surface area contributed by atoms with Crippen LogP contribution in [0.15, 0.2) is 39.5 Å². The first-order valence-electron chi connectivity index (χ1n) is 6.97. The summed E-state index contributed by atoms with van der Waals surface area (Å²) in [7, 11) is 0. The molecule has 1 atom stereocenters. The Morgan fingerprint density at radius 3 is 2.95 bits per heavy atom. The lowest BCUT2D eigenvalue weighted by atomic mass is 9.99. The maximum absolute atomic E-state index is 12.5. The molecule has 4 heteroatoms. The number of piperidine rings is 1. The smallest absolute Gasteiger partial charge is 0.349 e. The molecule has 0 bridgehead atoms. The average Bonchev–Trinajstić information content (AvgIpc) is 2.46. The predicted octanol–water partition coefficient (Wildman–Crippen LogP) is 2.67. The van der Waals surface area contributed by atoms with Crippen molar-refractivity contribution in [1.82, 2.24) is 4.90 Å². The maximum Gasteiger partial charge on any atom is 0.349 e. The second-order valence-corrected chi connectivity index (χ2v) is 5.48. The van der Waals surface area contributed by atoms with Gasteiger partial charge >= 0.3 is 5.63 Å². The highest BCUT2D eigenvalue weighted by molar-refractivity contribution is 5.96. The third kappa shape index (κ3) is 2.33. The van der Waals surface area contributed by atoms with Gasteiger partial charge in [0.25, 0.3) is 5.91 Å². The van der Waals surface area contributed by atoms with Crippen LogP contribution in [0.3, 0.4) is 0 Å². The number of hydrogen-bond donors (Lipinski definition) is 0. The van der Waals surface area contributed by atoms with Crippen molar-refractivity contribution in [2.45, 2.75) is 19.8 Å². The molecule has 104 valence electrons. The Morgan fingerprint density at radius 2 is 2.15 bits per heavy atom. The molecule has 0 aliphatic carbocycles. The highest BCUT2D eigenvalue weighted by Gasteiger charge is 2.24. The van der Waals surface area contributed by atoms with Crippen molar-refractivity contribution < 1.29 is 9.21 Å². The number of carbonyl (C=O) groups is 1. The molecule has 1 aromatic heterocycles. The van der Waals surface area contributed by atoms with E-state index in [0.717, 1.165) is 24.8 Å². The number of fused-ring (bicyclic) bond motifs is 1. The molecule has 0 spiro atoms. The number of para-hydroxylation sites is 1. The number of rotatable bonds is 1. The second-order valence-electron chi connectivity index (χ2n) is 5.48. The van der Waals surface area contributed by atoms with E-state index in [1.54, 1.807) is 23.1 Å². The van der Waals surface area contributed by atoms with Crippen LogP contribution in [0.1, 0.15) is 30.1 Å². The molecule has 1 aromatic carbocycles. The minimum absolute atomic E-state index is 0.137. The van der Waals surface area contributed by atoms with Crippen molar-refractivity contribution >= 4 is 16.9 Å². The third-order valence-corrected chi connectivity index (χ3v) is 3.82. The number of nitrogens with zero attached hydrogens (tertiary/aromatic N) is 1. The summed E-state index contributed by atoms with van der Waals surface area (Å²) in [5.41, 5.74) is 0.103. The van der Waals surface area contributed by atoms with E-state index in [-0.39, 0.29) is 11.5 Å². The summed E-state index contributed by atoms with van der Waals surface area (Å²) in [5, 5.41) is 0.778. The fraction of sp³-hybridized carbons (Fsp3) is 0.375. The fourth-order valence-electron chi connectivity index (χ4n) is 2.76. The molecule has 1 fully saturated rings. The normalized spacial score (nSPS) is 19.2. The van der Waals surface area contributed by atoms with Gasteiger partial charge in [-0.2, -0.15) is 0 Å². The minimum atomic E-state index is -0.549. The first-order valence-corrected chi connectivity index (χ1v) is 6.97. The van der Waals surface area contributed by atoms with Gasteiger partial charge in [0.15, 0.2) is 0 Å². The lowest BCUT2D eigenvalue weighted by Crippen LogP contribution is -2.40. The Hall–Kier alpha value is -2.10. The van der Waals surface area contributed by atoms with Gasteiger partial charge < -0.3 is 9.32 Å². The molecule has 20 heavy (non-hydrogen) atoms. The Labute approximate surface area is 117 Å². The summed E-state index contributed by atoms with van der Waals surface area (Å²) in [6.07, 6.45) is 2.13. The Kier molecular flexibility index (Phi) is 3.30. The predicted molar refractivity (Wildman–Crippen MR) is 76.8 cm³/mol. The topological polar surface area (TPSA) is 50.5 Å². The quantitative estimate of drug-likeness (QED) is 0.749. The highest BCUT2D eigenvalue weighted by atomic mass is 16.4. The van der Waals surface area contributed by atoms with E-state index in [4.69, 9.17) is 4.42 Å². The van der Waals surface area contributed by atoms with Gasteiger partial charge in [-0.15, -0.1) is 0 Å². The van der Waals surface area contributed by atoms with E-state index in [1.165, 1.54) is 0 Å². The SMILES string of the molecule is C[C@H]1CCCN(C(=O)c2cc3ccccc3oc2=O)C1. The molecular weight excluding hydrogens is 254 g/mol. The molecular formula is C16H17NO3. The summed E-state index contributed by atoms with van der Waals surface area (Å²) >= 11 is 0. The molecule has 0 unspecified atom stereocenters. The second kappa shape index (κ2) is 5.12. The molecule has 1 aliphatic rings. The summed E-state index contributed by atoms with van der Waals surface area (Å²) in [5.74, 6) is 0.274. The maximum atomic E-state index is 12.5. The summed E-state index contributed by atoms with van der Waals surface area (Å²) in [6.45, 7) is 3.56. The molecule has 1 aliphatic heterocycles. The summed E-state index contributed by atoms with van der Waals surface area (Å²) in [4.78, 5) is 26.2. The summed E-state index contributed by atoms with van der Waals surface area (Å²) in [6, 6.07) is 8.88. The number of hydrogen-bond acceptors (Lipinski definition) is 3. The zero-order valence-corrected chi connectivity index (χ0v) is 11.5. The van der Waals surface area contributed by atoms with E-state index >= 15 is 0 Å². The van der Waals surface area contributed by atoms with E-state index in [1.807, 2.05) is 12.1 Å². The van der Waals surface area contributed by atoms with Crippen molar-refractivity contribution in [2.75, 3.05) is 13.1 Å². The number of likely N-dealkylation sites (tertiary alicyclic amines) is 1. The largest absolute Gasteiger partial charge is 0.422 e. The summed E-state index contributed by atoms with van der Waals surface area (Å²) < 4.78 is 5.23. The molecule has 0 saturated carbocycles. The minimum Gasteiger partial charge on any atom is -0.422 e. The Morgan fingerprint density at radius 1 is 1.35 bits per heavy atom. The molecule has 2 aromatic rings. The van der Waals surface area contributed by atoms with Crippen LogP contribution in [0, 0.1) is 5.92 Å². The van der Waals surface area contributed by atoms with Crippen LogP contribution in [0.2, 0.25) is 0 Å². The van der Waals surface area contributed by atoms with E-state index in [2.05, 4.69) is 6.92 Å². The van der Waals surface area contributed by atoms with Crippen LogP contribution in [0.4, 0.5) is 0 Å². The van der Waals surface area contributed by atoms with Gasteiger partial charge in [-0.3, -0.25) is 4.79 Å². The van der Waals surface area contributed by atoms with Crippen molar-refractivity contribution in [2.24, 2.45) is 5.92 Å². The van der Waals surface area contributed by atoms with Crippen molar-refractivity contribution in [3.8, 4) is 0 Å². The average molecular weight is 271 g/mol. The van der Waals surface area contributed by atoms with E-state index in [0.29, 0.717) is 18.0 Å². The van der Waals surface area contributed by atoms with Gasteiger partial charge in [0, 0.05) is 18.5 Å². The van der Waals surface area contributed by atoms with Crippen molar-refractivity contribution in [3.05, 3.63) is 46.3 Å². The molecule has 0 N–H and O–H groups in total. The number of amides is 1. The van der Waals surface area contributed by atoms with Gasteiger partial charge in [0.05, 0.1) is 0 Å². The lowest BCUT2D eigenvalue weighted by Gasteiger charge is -2.30. The van der Waals surface area contributed by atoms with Gasteiger partial charge in [-0.25, -0.2) is 4.79 Å². The Balaban J connectivity index is 1.98. The molecule has 1 saturated heterocycles. The van der Waals surface area contributed by atoms with Crippen molar-refractivity contribution in [3.63, 3.8) is 0 Å². The number of benzene rings is 1. The van der Waals surface area contributed by atoms with Crippen LogP contribution in [0.5, 0.6) is 0 Å². The first kappa shape index (κ1) is 12.9. The molecule has 0 radical (unpaired) electrons. The van der Waals surface area contributed by atoms with E-state index < -0.39 is 5.63 Å². The van der Waals surface area contributed by atoms with Crippen LogP contribution in [-0.2, 0) is 0 Å². The monoisotopic (exact) mass is 271 g/mol. The fourth-order valence-corrected chi connectivity index (χ4v) is 2.76. The molecule has 4 nitrogen and oxygen atoms in total. The molecule has 1 amide bonds. The van der Waals surface area contributed by atoms with Gasteiger partial charge in [-0.1, -0.05) is 25.1 Å². The highest BCUT2D eigenvalue weighted by Crippen LogP contribution is 2.19. The van der Waals surface area contributed by atoms with Gasteiger partial charge in [-0.05, 0) is 30.9 Å². The zero-order valence-electron chi connectivity index (χ0n) is 11.5. The van der Waals surface area contributed by atoms with Crippen LogP contribution < -0.4 is 5.63 Å². The third-order valence-electron chi connectivity index (χ3n) is 3.82. The van der Waals surface area contributed by atoms with Crippen LogP contribution in [-0.4, -0.2) is 23.9 Å². The van der Waals surface area contributed by atoms with Gasteiger partial charge in [0.1, 0.15) is 11.1 Å². The van der Waals surface area contributed by atoms with E-state index in [9.17, 15) is 9.59 Å². The van der Waals surface area contributed by atoms with Crippen LogP contribution in [0.25, 0.3) is 11.0 Å². The van der Waals surface area contributed by atoms with Gasteiger partial charge in [0.2, 0.25) is 0 Å². The lowest BCUT2D eigenvalue weighted by molar-refractivity contribution is 0.0679. The molecule has 2 heterocycles. The van der Waals surface area contributed by atoms with Crippen molar-refractivity contribution in [1.29, 1.82) is 0 Å². The number of carbonyl (C=O) groups excluding carboxylic acids is 1. The standard InChI is InChI=1S/C16H17NO3/c1-11-5-4-8-17(10-11)15(18)13-9-12-6-2-3-7-14(12)20-16(13)19/h2-3,6-7,9,11H,4-5,8,10H2,1H3/t11-/m0/s1.